The minimum atomic E-state index is -0.823. The zero-order valence-corrected chi connectivity index (χ0v) is 11.6. The van der Waals surface area contributed by atoms with Crippen LogP contribution in [0.5, 0.6) is 0 Å². The summed E-state index contributed by atoms with van der Waals surface area (Å²) in [6, 6.07) is 3.08. The Labute approximate surface area is 125 Å². The molecule has 8 heteroatoms. The Hall–Kier alpha value is -2.32. The number of nitrogens with zero attached hydrogens (tertiary/aromatic N) is 1. The first-order valence-corrected chi connectivity index (χ1v) is 6.58. The van der Waals surface area contributed by atoms with E-state index in [1.54, 1.807) is 0 Å². The van der Waals surface area contributed by atoms with Gasteiger partial charge in [-0.25, -0.2) is 4.39 Å². The van der Waals surface area contributed by atoms with E-state index in [0.717, 1.165) is 18.2 Å². The summed E-state index contributed by atoms with van der Waals surface area (Å²) in [4.78, 5) is 22.0. The van der Waals surface area contributed by atoms with Crippen molar-refractivity contribution in [1.29, 1.82) is 0 Å². The average molecular weight is 310 g/mol. The van der Waals surface area contributed by atoms with Crippen molar-refractivity contribution in [2.24, 2.45) is 0 Å². The van der Waals surface area contributed by atoms with Crippen molar-refractivity contribution >= 4 is 17.7 Å². The fourth-order valence-electron chi connectivity index (χ4n) is 2.15. The molecule has 0 bridgehead atoms. The zero-order chi connectivity index (χ0) is 16.2. The number of amides is 1. The molecular formula is C14H15FN2O5. The van der Waals surface area contributed by atoms with E-state index in [2.05, 4.69) is 5.32 Å². The van der Waals surface area contributed by atoms with Crippen molar-refractivity contribution in [3.05, 3.63) is 45.8 Å². The first-order chi connectivity index (χ1) is 10.5. The number of ether oxygens (including phenoxy) is 1. The van der Waals surface area contributed by atoms with Gasteiger partial charge in [-0.1, -0.05) is 0 Å². The Morgan fingerprint density at radius 1 is 1.59 bits per heavy atom. The summed E-state index contributed by atoms with van der Waals surface area (Å²) >= 11 is 0. The van der Waals surface area contributed by atoms with E-state index in [0.29, 0.717) is 13.0 Å². The molecule has 1 amide bonds. The lowest BCUT2D eigenvalue weighted by atomic mass is 10.00. The summed E-state index contributed by atoms with van der Waals surface area (Å²) in [6.07, 6.45) is 2.82. The number of hydrogen-bond donors (Lipinski definition) is 2. The van der Waals surface area contributed by atoms with E-state index in [1.807, 2.05) is 0 Å². The Kier molecular flexibility index (Phi) is 4.84. The van der Waals surface area contributed by atoms with Crippen LogP contribution in [0.15, 0.2) is 24.3 Å². The summed E-state index contributed by atoms with van der Waals surface area (Å²) in [5, 5.41) is 22.8. The highest BCUT2D eigenvalue weighted by molar-refractivity contribution is 5.92. The highest BCUT2D eigenvalue weighted by Crippen LogP contribution is 2.21. The van der Waals surface area contributed by atoms with Gasteiger partial charge in [0, 0.05) is 12.7 Å². The molecule has 7 nitrogen and oxygen atoms in total. The normalized spacial score (nSPS) is 21.2. The van der Waals surface area contributed by atoms with Gasteiger partial charge in [0.25, 0.3) is 5.69 Å². The monoisotopic (exact) mass is 310 g/mol. The van der Waals surface area contributed by atoms with Crippen molar-refractivity contribution < 1.29 is 24.0 Å². The van der Waals surface area contributed by atoms with Crippen LogP contribution in [-0.2, 0) is 9.53 Å². The fourth-order valence-corrected chi connectivity index (χ4v) is 2.15. The topological polar surface area (TPSA) is 102 Å². The van der Waals surface area contributed by atoms with Gasteiger partial charge in [-0.3, -0.25) is 14.9 Å². The van der Waals surface area contributed by atoms with Crippen molar-refractivity contribution in [1.82, 2.24) is 5.32 Å². The number of aliphatic hydroxyl groups excluding tert-OH is 1. The standard InChI is InChI=1S/C14H15FN2O5/c15-11-3-1-10(12(7-11)17(20)21)2-4-13(19)16-14(8-18)5-6-22-9-14/h1-4,7,18H,5-6,8-9H2,(H,16,19). The lowest BCUT2D eigenvalue weighted by Crippen LogP contribution is -2.51. The smallest absolute Gasteiger partial charge is 0.279 e. The lowest BCUT2D eigenvalue weighted by molar-refractivity contribution is -0.385. The van der Waals surface area contributed by atoms with Crippen LogP contribution >= 0.6 is 0 Å². The van der Waals surface area contributed by atoms with Crippen LogP contribution in [0.3, 0.4) is 0 Å². The largest absolute Gasteiger partial charge is 0.394 e. The van der Waals surface area contributed by atoms with Gasteiger partial charge in [0.15, 0.2) is 0 Å². The second kappa shape index (κ2) is 6.63. The quantitative estimate of drug-likeness (QED) is 0.480. The molecule has 22 heavy (non-hydrogen) atoms. The van der Waals surface area contributed by atoms with Crippen molar-refractivity contribution in [3.63, 3.8) is 0 Å². The fraction of sp³-hybridized carbons (Fsp3) is 0.357. The first-order valence-electron chi connectivity index (χ1n) is 6.58. The molecule has 1 atom stereocenters. The molecule has 0 radical (unpaired) electrons. The highest BCUT2D eigenvalue weighted by atomic mass is 19.1. The average Bonchev–Trinajstić information content (AvgIpc) is 2.95. The van der Waals surface area contributed by atoms with Gasteiger partial charge >= 0.3 is 0 Å². The second-order valence-electron chi connectivity index (χ2n) is 5.02. The van der Waals surface area contributed by atoms with Crippen molar-refractivity contribution in [2.75, 3.05) is 19.8 Å². The number of aliphatic hydroxyl groups is 1. The van der Waals surface area contributed by atoms with E-state index in [-0.39, 0.29) is 18.8 Å². The predicted octanol–water partition coefficient (Wildman–Crippen LogP) is 1.01. The third-order valence-electron chi connectivity index (χ3n) is 3.40. The molecule has 0 saturated carbocycles. The predicted molar refractivity (Wildman–Crippen MR) is 75.5 cm³/mol. The summed E-state index contributed by atoms with van der Waals surface area (Å²) in [5.74, 6) is -1.24. The minimum absolute atomic E-state index is 0.113. The summed E-state index contributed by atoms with van der Waals surface area (Å²) in [6.45, 7) is 0.386. The Bertz CT molecular complexity index is 611. The van der Waals surface area contributed by atoms with Gasteiger partial charge in [-0.05, 0) is 24.6 Å². The van der Waals surface area contributed by atoms with Crippen LogP contribution in [0.4, 0.5) is 10.1 Å². The van der Waals surface area contributed by atoms with Crippen LogP contribution in [-0.4, -0.2) is 41.3 Å². The molecule has 1 aromatic carbocycles. The Balaban J connectivity index is 2.11. The van der Waals surface area contributed by atoms with Gasteiger partial charge in [0.2, 0.25) is 5.91 Å². The summed E-state index contributed by atoms with van der Waals surface area (Å²) < 4.78 is 18.2. The second-order valence-corrected chi connectivity index (χ2v) is 5.02. The number of nitrogens with one attached hydrogen (secondary N) is 1. The van der Waals surface area contributed by atoms with Crippen LogP contribution < -0.4 is 5.32 Å². The van der Waals surface area contributed by atoms with Gasteiger partial charge in [-0.15, -0.1) is 0 Å². The van der Waals surface area contributed by atoms with Crippen LogP contribution in [0.2, 0.25) is 0 Å². The van der Waals surface area contributed by atoms with Crippen molar-refractivity contribution in [3.8, 4) is 0 Å². The number of benzene rings is 1. The van der Waals surface area contributed by atoms with E-state index in [4.69, 9.17) is 4.74 Å². The van der Waals surface area contributed by atoms with Gasteiger partial charge in [0.05, 0.1) is 35.3 Å². The SMILES string of the molecule is O=C(C=Cc1ccc(F)cc1[N+](=O)[O-])NC1(CO)CCOC1. The highest BCUT2D eigenvalue weighted by Gasteiger charge is 2.35. The maximum absolute atomic E-state index is 13.0. The molecule has 1 aliphatic rings. The molecule has 2 N–H and O–H groups in total. The molecule has 1 aromatic rings. The van der Waals surface area contributed by atoms with Crippen LogP contribution in [0.1, 0.15) is 12.0 Å². The molecule has 1 saturated heterocycles. The number of nitro benzene ring substituents is 1. The third-order valence-corrected chi connectivity index (χ3v) is 3.40. The summed E-state index contributed by atoms with van der Waals surface area (Å²) in [5.41, 5.74) is -1.14. The molecule has 0 aliphatic carbocycles. The third kappa shape index (κ3) is 3.66. The van der Waals surface area contributed by atoms with Gasteiger partial charge in [-0.2, -0.15) is 0 Å². The van der Waals surface area contributed by atoms with E-state index >= 15 is 0 Å². The van der Waals surface area contributed by atoms with E-state index in [1.165, 1.54) is 12.1 Å². The molecule has 0 aromatic heterocycles. The Morgan fingerprint density at radius 2 is 2.36 bits per heavy atom. The number of rotatable bonds is 5. The zero-order valence-electron chi connectivity index (χ0n) is 11.6. The maximum Gasteiger partial charge on any atom is 0.279 e. The molecule has 0 spiro atoms. The number of carbonyl (C=O) groups excluding carboxylic acids is 1. The number of hydrogen-bond acceptors (Lipinski definition) is 5. The number of carbonyl (C=O) groups is 1. The van der Waals surface area contributed by atoms with Crippen LogP contribution in [0, 0.1) is 15.9 Å². The van der Waals surface area contributed by atoms with Gasteiger partial charge < -0.3 is 15.2 Å². The molecule has 1 heterocycles. The van der Waals surface area contributed by atoms with Gasteiger partial charge in [0.1, 0.15) is 5.82 Å². The number of nitro groups is 1. The van der Waals surface area contributed by atoms with E-state index in [9.17, 15) is 24.4 Å². The molecule has 1 unspecified atom stereocenters. The van der Waals surface area contributed by atoms with Crippen molar-refractivity contribution in [2.45, 2.75) is 12.0 Å². The molecule has 1 aliphatic heterocycles. The molecule has 118 valence electrons. The lowest BCUT2D eigenvalue weighted by Gasteiger charge is -2.25. The maximum atomic E-state index is 13.0. The molecular weight excluding hydrogens is 295 g/mol. The van der Waals surface area contributed by atoms with Crippen LogP contribution in [0.25, 0.3) is 6.08 Å². The first kappa shape index (κ1) is 16.1. The van der Waals surface area contributed by atoms with E-state index < -0.39 is 27.9 Å². The minimum Gasteiger partial charge on any atom is -0.394 e. The number of halogens is 1. The summed E-state index contributed by atoms with van der Waals surface area (Å²) in [7, 11) is 0. The Morgan fingerprint density at radius 3 is 2.95 bits per heavy atom. The molecule has 1 fully saturated rings. The molecule has 2 rings (SSSR count).